The topological polar surface area (TPSA) is 99.8 Å². The van der Waals surface area contributed by atoms with Crippen molar-refractivity contribution < 1.29 is 17.6 Å². The van der Waals surface area contributed by atoms with Gasteiger partial charge in [0.2, 0.25) is 21.8 Å². The maximum atomic E-state index is 12.4. The zero-order valence-corrected chi connectivity index (χ0v) is 16.8. The summed E-state index contributed by atoms with van der Waals surface area (Å²) >= 11 is 0. The second kappa shape index (κ2) is 9.01. The fourth-order valence-electron chi connectivity index (χ4n) is 3.55. The summed E-state index contributed by atoms with van der Waals surface area (Å²) in [6, 6.07) is 0.502. The highest BCUT2D eigenvalue weighted by molar-refractivity contribution is 7.89. The average molecular weight is 400 g/mol. The molecule has 2 aliphatic rings. The van der Waals surface area contributed by atoms with Gasteiger partial charge >= 0.3 is 6.01 Å². The number of hydrogen-bond donors (Lipinski definition) is 0. The van der Waals surface area contributed by atoms with E-state index in [1.54, 1.807) is 11.2 Å². The SMILES string of the molecule is Cc1nnc(N2CCN(C(=O)CCCCS(=O)(=O)N3CCCCC3)CC2)o1. The number of aryl methyl sites for hydroxylation is 1. The molecule has 0 bridgehead atoms. The van der Waals surface area contributed by atoms with Gasteiger partial charge in [0.15, 0.2) is 0 Å². The Morgan fingerprint density at radius 1 is 1.00 bits per heavy atom. The van der Waals surface area contributed by atoms with E-state index in [1.807, 2.05) is 9.80 Å². The molecule has 1 aromatic rings. The number of sulfonamides is 1. The zero-order chi connectivity index (χ0) is 19.3. The van der Waals surface area contributed by atoms with E-state index >= 15 is 0 Å². The largest absolute Gasteiger partial charge is 0.408 e. The van der Waals surface area contributed by atoms with Crippen molar-refractivity contribution in [2.45, 2.75) is 45.4 Å². The van der Waals surface area contributed by atoms with Crippen LogP contribution in [0.1, 0.15) is 44.4 Å². The van der Waals surface area contributed by atoms with Gasteiger partial charge in [0.05, 0.1) is 5.75 Å². The molecule has 27 heavy (non-hydrogen) atoms. The van der Waals surface area contributed by atoms with E-state index in [4.69, 9.17) is 4.42 Å². The average Bonchev–Trinajstić information content (AvgIpc) is 3.12. The lowest BCUT2D eigenvalue weighted by Crippen LogP contribution is -2.48. The molecule has 0 radical (unpaired) electrons. The van der Waals surface area contributed by atoms with Crippen molar-refractivity contribution in [2.24, 2.45) is 0 Å². The molecule has 0 N–H and O–H groups in total. The fraction of sp³-hybridized carbons (Fsp3) is 0.824. The van der Waals surface area contributed by atoms with Gasteiger partial charge in [0.25, 0.3) is 0 Å². The highest BCUT2D eigenvalue weighted by Crippen LogP contribution is 2.17. The summed E-state index contributed by atoms with van der Waals surface area (Å²) in [7, 11) is -3.16. The van der Waals surface area contributed by atoms with Crippen molar-refractivity contribution in [3.63, 3.8) is 0 Å². The molecule has 0 atom stereocenters. The molecule has 152 valence electrons. The number of nitrogens with zero attached hydrogens (tertiary/aromatic N) is 5. The summed E-state index contributed by atoms with van der Waals surface area (Å²) in [4.78, 5) is 16.2. The molecular weight excluding hydrogens is 370 g/mol. The standard InChI is InChI=1S/C17H29N5O4S/c1-15-18-19-17(26-15)21-12-10-20(11-13-21)16(23)7-3-6-14-27(24,25)22-8-4-2-5-9-22/h2-14H2,1H3. The number of piperazine rings is 1. The Bertz CT molecular complexity index is 721. The number of aromatic nitrogens is 2. The van der Waals surface area contributed by atoms with E-state index in [-0.39, 0.29) is 11.7 Å². The van der Waals surface area contributed by atoms with E-state index < -0.39 is 10.0 Å². The predicted molar refractivity (Wildman–Crippen MR) is 101 cm³/mol. The van der Waals surface area contributed by atoms with Crippen LogP contribution in [-0.2, 0) is 14.8 Å². The number of amides is 1. The van der Waals surface area contributed by atoms with Crippen molar-refractivity contribution in [1.29, 1.82) is 0 Å². The lowest BCUT2D eigenvalue weighted by molar-refractivity contribution is -0.131. The summed E-state index contributed by atoms with van der Waals surface area (Å²) in [5.74, 6) is 0.764. The summed E-state index contributed by atoms with van der Waals surface area (Å²) in [6.07, 6.45) is 4.55. The highest BCUT2D eigenvalue weighted by Gasteiger charge is 2.25. The van der Waals surface area contributed by atoms with E-state index in [0.29, 0.717) is 70.4 Å². The van der Waals surface area contributed by atoms with Crippen LogP contribution in [0.2, 0.25) is 0 Å². The number of anilines is 1. The molecule has 2 fully saturated rings. The number of piperidine rings is 1. The maximum Gasteiger partial charge on any atom is 0.318 e. The minimum Gasteiger partial charge on any atom is -0.408 e. The molecule has 0 aromatic carbocycles. The molecule has 0 spiro atoms. The molecule has 10 heteroatoms. The van der Waals surface area contributed by atoms with Gasteiger partial charge in [0.1, 0.15) is 0 Å². The van der Waals surface area contributed by atoms with Gasteiger partial charge in [-0.25, -0.2) is 12.7 Å². The molecule has 0 unspecified atom stereocenters. The summed E-state index contributed by atoms with van der Waals surface area (Å²) < 4.78 is 31.6. The first-order chi connectivity index (χ1) is 13.0. The Hall–Kier alpha value is -1.68. The number of carbonyl (C=O) groups is 1. The first-order valence-corrected chi connectivity index (χ1v) is 11.4. The lowest BCUT2D eigenvalue weighted by Gasteiger charge is -2.33. The maximum absolute atomic E-state index is 12.4. The first-order valence-electron chi connectivity index (χ1n) is 9.76. The Morgan fingerprint density at radius 2 is 1.70 bits per heavy atom. The minimum absolute atomic E-state index is 0.0896. The van der Waals surface area contributed by atoms with Gasteiger partial charge in [-0.05, 0) is 25.7 Å². The van der Waals surface area contributed by atoms with Crippen molar-refractivity contribution in [1.82, 2.24) is 19.4 Å². The van der Waals surface area contributed by atoms with Crippen molar-refractivity contribution in [3.05, 3.63) is 5.89 Å². The number of unbranched alkanes of at least 4 members (excludes halogenated alkanes) is 1. The minimum atomic E-state index is -3.16. The third kappa shape index (κ3) is 5.41. The van der Waals surface area contributed by atoms with E-state index in [2.05, 4.69) is 10.2 Å². The molecule has 9 nitrogen and oxygen atoms in total. The lowest BCUT2D eigenvalue weighted by atomic mass is 10.2. The Morgan fingerprint density at radius 3 is 2.33 bits per heavy atom. The number of carbonyl (C=O) groups excluding carboxylic acids is 1. The number of hydrogen-bond acceptors (Lipinski definition) is 7. The van der Waals surface area contributed by atoms with Crippen molar-refractivity contribution in [2.75, 3.05) is 49.9 Å². The van der Waals surface area contributed by atoms with Crippen LogP contribution >= 0.6 is 0 Å². The smallest absolute Gasteiger partial charge is 0.318 e. The van der Waals surface area contributed by atoms with Crippen LogP contribution in [0.4, 0.5) is 6.01 Å². The van der Waals surface area contributed by atoms with Crippen LogP contribution < -0.4 is 4.90 Å². The van der Waals surface area contributed by atoms with Crippen LogP contribution in [0.15, 0.2) is 4.42 Å². The molecule has 0 aliphatic carbocycles. The molecule has 0 saturated carbocycles. The van der Waals surface area contributed by atoms with Gasteiger partial charge in [-0.15, -0.1) is 5.10 Å². The van der Waals surface area contributed by atoms with Gasteiger partial charge in [0, 0.05) is 52.6 Å². The third-order valence-electron chi connectivity index (χ3n) is 5.17. The van der Waals surface area contributed by atoms with Gasteiger partial charge in [-0.2, -0.15) is 0 Å². The van der Waals surface area contributed by atoms with Crippen LogP contribution in [-0.4, -0.2) is 78.7 Å². The van der Waals surface area contributed by atoms with Crippen molar-refractivity contribution >= 4 is 21.9 Å². The third-order valence-corrected chi connectivity index (χ3v) is 7.13. The first kappa shape index (κ1) is 20.1. The molecule has 2 saturated heterocycles. The van der Waals surface area contributed by atoms with Crippen molar-refractivity contribution in [3.8, 4) is 0 Å². The van der Waals surface area contributed by atoms with Crippen LogP contribution in [0.25, 0.3) is 0 Å². The molecule has 2 aliphatic heterocycles. The molecular formula is C17H29N5O4S. The molecule has 1 aromatic heterocycles. The molecule has 3 heterocycles. The van der Waals surface area contributed by atoms with Gasteiger partial charge in [-0.3, -0.25) is 4.79 Å². The second-order valence-corrected chi connectivity index (χ2v) is 9.29. The normalized spacial score (nSPS) is 19.4. The van der Waals surface area contributed by atoms with Gasteiger partial charge in [-0.1, -0.05) is 11.5 Å². The molecule has 3 rings (SSSR count). The monoisotopic (exact) mass is 399 g/mol. The van der Waals surface area contributed by atoms with E-state index in [1.165, 1.54) is 0 Å². The summed E-state index contributed by atoms with van der Waals surface area (Å²) in [5, 5.41) is 7.83. The van der Waals surface area contributed by atoms with Crippen LogP contribution in [0, 0.1) is 6.92 Å². The Balaban J connectivity index is 1.35. The number of rotatable bonds is 7. The van der Waals surface area contributed by atoms with E-state index in [0.717, 1.165) is 19.3 Å². The Labute approximate surface area is 160 Å². The van der Waals surface area contributed by atoms with Crippen LogP contribution in [0.5, 0.6) is 0 Å². The van der Waals surface area contributed by atoms with Gasteiger partial charge < -0.3 is 14.2 Å². The van der Waals surface area contributed by atoms with Crippen LogP contribution in [0.3, 0.4) is 0 Å². The Kier molecular flexibility index (Phi) is 6.69. The highest BCUT2D eigenvalue weighted by atomic mass is 32.2. The molecule has 1 amide bonds. The van der Waals surface area contributed by atoms with E-state index in [9.17, 15) is 13.2 Å². The summed E-state index contributed by atoms with van der Waals surface area (Å²) in [5.41, 5.74) is 0. The predicted octanol–water partition coefficient (Wildman–Crippen LogP) is 1.01. The second-order valence-electron chi connectivity index (χ2n) is 7.20. The quantitative estimate of drug-likeness (QED) is 0.631. The zero-order valence-electron chi connectivity index (χ0n) is 16.0. The summed E-state index contributed by atoms with van der Waals surface area (Å²) in [6.45, 7) is 5.60. The fourth-order valence-corrected chi connectivity index (χ4v) is 5.19.